The van der Waals surface area contributed by atoms with Gasteiger partial charge in [0, 0.05) is 5.69 Å². The van der Waals surface area contributed by atoms with Crippen LogP contribution in [0.5, 0.6) is 0 Å². The lowest BCUT2D eigenvalue weighted by molar-refractivity contribution is -0.123. The van der Waals surface area contributed by atoms with Gasteiger partial charge in [-0.25, -0.2) is 0 Å². The van der Waals surface area contributed by atoms with E-state index in [2.05, 4.69) is 16.0 Å². The number of carbonyl (C=O) groups excluding carboxylic acids is 2. The Balaban J connectivity index is 0.00000200. The Kier molecular flexibility index (Phi) is 7.04. The Morgan fingerprint density at radius 2 is 1.75 bits per heavy atom. The summed E-state index contributed by atoms with van der Waals surface area (Å²) >= 11 is 0. The highest BCUT2D eigenvalue weighted by atomic mass is 35.5. The Labute approximate surface area is 124 Å². The van der Waals surface area contributed by atoms with Crippen molar-refractivity contribution in [1.29, 1.82) is 0 Å². The molecule has 1 aromatic rings. The predicted molar refractivity (Wildman–Crippen MR) is 80.9 cm³/mol. The highest BCUT2D eigenvalue weighted by Gasteiger charge is 2.20. The molecule has 2 rings (SSSR count). The molecule has 0 bridgehead atoms. The van der Waals surface area contributed by atoms with Crippen LogP contribution in [-0.4, -0.2) is 31.4 Å². The van der Waals surface area contributed by atoms with Crippen LogP contribution < -0.4 is 16.0 Å². The van der Waals surface area contributed by atoms with Crippen molar-refractivity contribution in [3.05, 3.63) is 30.3 Å². The van der Waals surface area contributed by atoms with E-state index in [0.717, 1.165) is 18.2 Å². The number of anilines is 1. The zero-order valence-electron chi connectivity index (χ0n) is 11.2. The second kappa shape index (κ2) is 8.55. The van der Waals surface area contributed by atoms with Crippen LogP contribution in [0.1, 0.15) is 12.8 Å². The Bertz CT molecular complexity index is 435. The second-order valence-corrected chi connectivity index (χ2v) is 4.77. The van der Waals surface area contributed by atoms with Gasteiger partial charge in [0.05, 0.1) is 13.1 Å². The lowest BCUT2D eigenvalue weighted by Crippen LogP contribution is -2.38. The summed E-state index contributed by atoms with van der Waals surface area (Å²) in [5, 5.41) is 8.37. The molecule has 1 aliphatic rings. The Hall–Kier alpha value is -1.59. The molecule has 0 unspecified atom stereocenters. The first-order chi connectivity index (χ1) is 9.24. The molecule has 0 radical (unpaired) electrons. The van der Waals surface area contributed by atoms with Gasteiger partial charge in [-0.2, -0.15) is 0 Å². The first-order valence-electron chi connectivity index (χ1n) is 6.56. The third kappa shape index (κ3) is 6.54. The van der Waals surface area contributed by atoms with Gasteiger partial charge in [-0.3, -0.25) is 9.59 Å². The molecule has 1 fully saturated rings. The smallest absolute Gasteiger partial charge is 0.243 e. The zero-order valence-corrected chi connectivity index (χ0v) is 12.0. The quantitative estimate of drug-likeness (QED) is 0.707. The minimum absolute atomic E-state index is 0. The van der Waals surface area contributed by atoms with Crippen LogP contribution in [0.15, 0.2) is 30.3 Å². The van der Waals surface area contributed by atoms with E-state index in [9.17, 15) is 9.59 Å². The molecule has 1 aromatic carbocycles. The molecule has 2 amide bonds. The van der Waals surface area contributed by atoms with Crippen LogP contribution in [0.4, 0.5) is 5.69 Å². The molecule has 1 aliphatic carbocycles. The monoisotopic (exact) mass is 297 g/mol. The van der Waals surface area contributed by atoms with E-state index < -0.39 is 0 Å². The van der Waals surface area contributed by atoms with Gasteiger partial charge in [0.1, 0.15) is 0 Å². The maximum atomic E-state index is 11.6. The maximum Gasteiger partial charge on any atom is 0.243 e. The summed E-state index contributed by atoms with van der Waals surface area (Å²) in [6, 6.07) is 9.17. The summed E-state index contributed by atoms with van der Waals surface area (Å²) in [6.45, 7) is 1.16. The minimum atomic E-state index is -0.221. The van der Waals surface area contributed by atoms with Gasteiger partial charge in [-0.1, -0.05) is 18.2 Å². The van der Waals surface area contributed by atoms with Gasteiger partial charge >= 0.3 is 0 Å². The number of amides is 2. The normalized spacial score (nSPS) is 13.2. The van der Waals surface area contributed by atoms with Crippen LogP contribution in [0, 0.1) is 5.92 Å². The predicted octanol–water partition coefficient (Wildman–Crippen LogP) is 1.16. The molecule has 0 saturated heterocycles. The molecule has 0 heterocycles. The summed E-state index contributed by atoms with van der Waals surface area (Å²) in [7, 11) is 0. The zero-order chi connectivity index (χ0) is 13.5. The lowest BCUT2D eigenvalue weighted by atomic mass is 10.3. The molecule has 20 heavy (non-hydrogen) atoms. The van der Waals surface area contributed by atoms with Gasteiger partial charge in [0.25, 0.3) is 0 Å². The van der Waals surface area contributed by atoms with Crippen LogP contribution in [0.25, 0.3) is 0 Å². The molecule has 0 aliphatic heterocycles. The molecule has 3 N–H and O–H groups in total. The van der Waals surface area contributed by atoms with Gasteiger partial charge in [0.15, 0.2) is 0 Å². The molecule has 0 atom stereocenters. The maximum absolute atomic E-state index is 11.6. The number of benzene rings is 1. The Morgan fingerprint density at radius 3 is 2.40 bits per heavy atom. The number of hydrogen-bond donors (Lipinski definition) is 3. The van der Waals surface area contributed by atoms with E-state index in [1.165, 1.54) is 12.8 Å². The van der Waals surface area contributed by atoms with Crippen molar-refractivity contribution in [2.45, 2.75) is 12.8 Å². The molecule has 110 valence electrons. The number of hydrogen-bond acceptors (Lipinski definition) is 3. The minimum Gasteiger partial charge on any atom is -0.346 e. The summed E-state index contributed by atoms with van der Waals surface area (Å²) in [4.78, 5) is 23.0. The first kappa shape index (κ1) is 16.5. The third-order valence-corrected chi connectivity index (χ3v) is 2.92. The van der Waals surface area contributed by atoms with Crippen LogP contribution in [0.2, 0.25) is 0 Å². The highest BCUT2D eigenvalue weighted by molar-refractivity contribution is 5.94. The van der Waals surface area contributed by atoms with Crippen LogP contribution >= 0.6 is 12.4 Å². The third-order valence-electron chi connectivity index (χ3n) is 2.92. The molecular formula is C14H20ClN3O2. The van der Waals surface area contributed by atoms with Crippen molar-refractivity contribution in [2.75, 3.05) is 25.0 Å². The average Bonchev–Trinajstić information content (AvgIpc) is 3.22. The van der Waals surface area contributed by atoms with Crippen molar-refractivity contribution >= 4 is 29.9 Å². The highest BCUT2D eigenvalue weighted by Crippen LogP contribution is 2.27. The Morgan fingerprint density at radius 1 is 1.05 bits per heavy atom. The second-order valence-electron chi connectivity index (χ2n) is 4.77. The van der Waals surface area contributed by atoms with Crippen molar-refractivity contribution in [2.24, 2.45) is 5.92 Å². The summed E-state index contributed by atoms with van der Waals surface area (Å²) in [6.07, 6.45) is 2.52. The van der Waals surface area contributed by atoms with Gasteiger partial charge < -0.3 is 16.0 Å². The van der Waals surface area contributed by atoms with E-state index in [0.29, 0.717) is 0 Å². The fourth-order valence-electron chi connectivity index (χ4n) is 1.68. The lowest BCUT2D eigenvalue weighted by Gasteiger charge is -2.07. The molecule has 6 heteroatoms. The van der Waals surface area contributed by atoms with Crippen molar-refractivity contribution in [3.63, 3.8) is 0 Å². The number of rotatable bonds is 7. The summed E-state index contributed by atoms with van der Waals surface area (Å²) in [5.74, 6) is 0.375. The SMILES string of the molecule is Cl.O=C(CNCC1CC1)NCC(=O)Nc1ccccc1. The van der Waals surface area contributed by atoms with E-state index in [4.69, 9.17) is 0 Å². The average molecular weight is 298 g/mol. The fraction of sp³-hybridized carbons (Fsp3) is 0.429. The molecule has 0 aromatic heterocycles. The number of halogens is 1. The topological polar surface area (TPSA) is 70.2 Å². The summed E-state index contributed by atoms with van der Waals surface area (Å²) < 4.78 is 0. The molecule has 5 nitrogen and oxygen atoms in total. The van der Waals surface area contributed by atoms with Crippen molar-refractivity contribution in [3.8, 4) is 0 Å². The standard InChI is InChI=1S/C14H19N3O2.ClH/c18-13(9-15-8-11-6-7-11)16-10-14(19)17-12-4-2-1-3-5-12;/h1-5,11,15H,6-10H2,(H,16,18)(H,17,19);1H. The molecule has 1 saturated carbocycles. The fourth-order valence-corrected chi connectivity index (χ4v) is 1.68. The number of nitrogens with one attached hydrogen (secondary N) is 3. The van der Waals surface area contributed by atoms with E-state index in [-0.39, 0.29) is 37.3 Å². The van der Waals surface area contributed by atoms with Crippen LogP contribution in [0.3, 0.4) is 0 Å². The largest absolute Gasteiger partial charge is 0.346 e. The van der Waals surface area contributed by atoms with Gasteiger partial charge in [-0.15, -0.1) is 12.4 Å². The molecule has 0 spiro atoms. The first-order valence-corrected chi connectivity index (χ1v) is 6.56. The van der Waals surface area contributed by atoms with Gasteiger partial charge in [0.2, 0.25) is 11.8 Å². The number of carbonyl (C=O) groups is 2. The van der Waals surface area contributed by atoms with E-state index >= 15 is 0 Å². The van der Waals surface area contributed by atoms with Crippen molar-refractivity contribution in [1.82, 2.24) is 10.6 Å². The number of para-hydroxylation sites is 1. The van der Waals surface area contributed by atoms with E-state index in [1.807, 2.05) is 18.2 Å². The summed E-state index contributed by atoms with van der Waals surface area (Å²) in [5.41, 5.74) is 0.730. The van der Waals surface area contributed by atoms with E-state index in [1.54, 1.807) is 12.1 Å². The molecular weight excluding hydrogens is 278 g/mol. The van der Waals surface area contributed by atoms with Gasteiger partial charge in [-0.05, 0) is 37.4 Å². The van der Waals surface area contributed by atoms with Crippen molar-refractivity contribution < 1.29 is 9.59 Å². The van der Waals surface area contributed by atoms with Crippen LogP contribution in [-0.2, 0) is 9.59 Å².